The number of amides is 1. The molecule has 1 N–H and O–H groups in total. The second kappa shape index (κ2) is 13.1. The van der Waals surface area contributed by atoms with Crippen molar-refractivity contribution in [1.82, 2.24) is 5.43 Å². The highest BCUT2D eigenvalue weighted by atomic mass is 16.6. The quantitative estimate of drug-likeness (QED) is 0.165. The van der Waals surface area contributed by atoms with E-state index in [1.165, 1.54) is 13.3 Å². The number of hydrogen-bond donors (Lipinski definition) is 1. The minimum absolute atomic E-state index is 0.162. The highest BCUT2D eigenvalue weighted by molar-refractivity contribution is 5.92. The Kier molecular flexibility index (Phi) is 9.66. The van der Waals surface area contributed by atoms with Crippen molar-refractivity contribution in [2.45, 2.75) is 33.6 Å². The maximum absolute atomic E-state index is 12.5. The lowest BCUT2D eigenvalue weighted by Gasteiger charge is -2.14. The largest absolute Gasteiger partial charge is 0.494 e. The molecule has 0 bridgehead atoms. The van der Waals surface area contributed by atoms with Gasteiger partial charge in [-0.25, -0.2) is 10.2 Å². The van der Waals surface area contributed by atoms with E-state index in [2.05, 4.69) is 24.4 Å². The number of hydrazone groups is 1. The maximum atomic E-state index is 12.5. The third-order valence-electron chi connectivity index (χ3n) is 5.34. The molecule has 0 aliphatic heterocycles. The first-order valence-corrected chi connectivity index (χ1v) is 12.0. The summed E-state index contributed by atoms with van der Waals surface area (Å²) in [5.41, 5.74) is 5.57. The monoisotopic (exact) mass is 504 g/mol. The van der Waals surface area contributed by atoms with Crippen LogP contribution in [0.2, 0.25) is 0 Å². The van der Waals surface area contributed by atoms with Crippen LogP contribution < -0.4 is 24.4 Å². The van der Waals surface area contributed by atoms with E-state index in [9.17, 15) is 9.59 Å². The first kappa shape index (κ1) is 27.3. The van der Waals surface area contributed by atoms with Gasteiger partial charge in [0.15, 0.2) is 18.1 Å². The number of ether oxygens (including phenoxy) is 4. The van der Waals surface area contributed by atoms with Gasteiger partial charge in [-0.2, -0.15) is 5.10 Å². The van der Waals surface area contributed by atoms with Crippen LogP contribution in [-0.2, 0) is 4.79 Å². The SMILES string of the molecule is CCOc1ccc(C(=O)Oc2ccc(/C=N\NC(=O)COc3cc(C)ccc3C(C)C)cc2OC)cc1. The molecule has 8 nitrogen and oxygen atoms in total. The zero-order valence-corrected chi connectivity index (χ0v) is 21.7. The molecule has 0 fully saturated rings. The van der Waals surface area contributed by atoms with Gasteiger partial charge in [-0.3, -0.25) is 4.79 Å². The van der Waals surface area contributed by atoms with Crippen LogP contribution in [0.1, 0.15) is 53.7 Å². The van der Waals surface area contributed by atoms with E-state index in [4.69, 9.17) is 18.9 Å². The summed E-state index contributed by atoms with van der Waals surface area (Å²) in [5, 5.41) is 3.99. The Labute approximate surface area is 217 Å². The van der Waals surface area contributed by atoms with Crippen molar-refractivity contribution in [3.05, 3.63) is 82.9 Å². The molecule has 8 heteroatoms. The van der Waals surface area contributed by atoms with Gasteiger partial charge < -0.3 is 18.9 Å². The number of nitrogens with one attached hydrogen (secondary N) is 1. The van der Waals surface area contributed by atoms with Crippen LogP contribution >= 0.6 is 0 Å². The van der Waals surface area contributed by atoms with Crippen molar-refractivity contribution in [2.24, 2.45) is 5.10 Å². The Morgan fingerprint density at radius 2 is 1.70 bits per heavy atom. The summed E-state index contributed by atoms with van der Waals surface area (Å²) in [7, 11) is 1.47. The fourth-order valence-corrected chi connectivity index (χ4v) is 3.46. The first-order chi connectivity index (χ1) is 17.8. The van der Waals surface area contributed by atoms with E-state index >= 15 is 0 Å². The second-order valence-corrected chi connectivity index (χ2v) is 8.54. The average molecular weight is 505 g/mol. The number of rotatable bonds is 11. The Bertz CT molecular complexity index is 1250. The van der Waals surface area contributed by atoms with Gasteiger partial charge in [0.1, 0.15) is 11.5 Å². The smallest absolute Gasteiger partial charge is 0.343 e. The minimum atomic E-state index is -0.524. The van der Waals surface area contributed by atoms with Gasteiger partial charge in [-0.05, 0) is 85.0 Å². The molecule has 1 amide bonds. The van der Waals surface area contributed by atoms with Crippen molar-refractivity contribution < 1.29 is 28.5 Å². The normalized spacial score (nSPS) is 10.9. The number of nitrogens with zero attached hydrogens (tertiary/aromatic N) is 1. The molecule has 0 saturated carbocycles. The molecule has 0 spiro atoms. The third-order valence-corrected chi connectivity index (χ3v) is 5.34. The first-order valence-electron chi connectivity index (χ1n) is 12.0. The van der Waals surface area contributed by atoms with Gasteiger partial charge in [0.05, 0.1) is 25.5 Å². The zero-order chi connectivity index (χ0) is 26.8. The molecule has 3 aromatic carbocycles. The summed E-state index contributed by atoms with van der Waals surface area (Å²) in [6.07, 6.45) is 1.46. The van der Waals surface area contributed by atoms with Gasteiger partial charge >= 0.3 is 5.97 Å². The van der Waals surface area contributed by atoms with Crippen molar-refractivity contribution in [3.63, 3.8) is 0 Å². The molecule has 0 aliphatic rings. The minimum Gasteiger partial charge on any atom is -0.494 e. The summed E-state index contributed by atoms with van der Waals surface area (Å²) >= 11 is 0. The van der Waals surface area contributed by atoms with Crippen LogP contribution in [0.5, 0.6) is 23.0 Å². The lowest BCUT2D eigenvalue weighted by atomic mass is 10.0. The molecule has 0 aromatic heterocycles. The molecule has 0 unspecified atom stereocenters. The third kappa shape index (κ3) is 7.83. The lowest BCUT2D eigenvalue weighted by Crippen LogP contribution is -2.25. The molecular weight excluding hydrogens is 472 g/mol. The van der Waals surface area contributed by atoms with Crippen LogP contribution in [0.4, 0.5) is 0 Å². The van der Waals surface area contributed by atoms with E-state index in [-0.39, 0.29) is 24.2 Å². The molecule has 0 atom stereocenters. The topological polar surface area (TPSA) is 95.5 Å². The molecule has 0 saturated heterocycles. The Morgan fingerprint density at radius 1 is 0.946 bits per heavy atom. The summed E-state index contributed by atoms with van der Waals surface area (Å²) in [5.74, 6) is 1.33. The molecule has 3 rings (SSSR count). The second-order valence-electron chi connectivity index (χ2n) is 8.54. The molecule has 194 valence electrons. The Hall–Kier alpha value is -4.33. The number of carbonyl (C=O) groups is 2. The van der Waals surface area contributed by atoms with Gasteiger partial charge in [-0.1, -0.05) is 26.0 Å². The average Bonchev–Trinajstić information content (AvgIpc) is 2.88. The van der Waals surface area contributed by atoms with Crippen molar-refractivity contribution >= 4 is 18.1 Å². The lowest BCUT2D eigenvalue weighted by molar-refractivity contribution is -0.123. The predicted octanol–water partition coefficient (Wildman–Crippen LogP) is 5.27. The van der Waals surface area contributed by atoms with Crippen molar-refractivity contribution in [3.8, 4) is 23.0 Å². The number of esters is 1. The van der Waals surface area contributed by atoms with Crippen molar-refractivity contribution in [1.29, 1.82) is 0 Å². The van der Waals surface area contributed by atoms with E-state index < -0.39 is 5.97 Å². The number of methoxy groups -OCH3 is 1. The van der Waals surface area contributed by atoms with Crippen LogP contribution in [0.3, 0.4) is 0 Å². The van der Waals surface area contributed by atoms with E-state index in [1.807, 2.05) is 32.0 Å². The highest BCUT2D eigenvalue weighted by Gasteiger charge is 2.13. The van der Waals surface area contributed by atoms with Gasteiger partial charge in [0, 0.05) is 0 Å². The van der Waals surface area contributed by atoms with E-state index in [0.717, 1.165) is 11.1 Å². The Balaban J connectivity index is 1.57. The van der Waals surface area contributed by atoms with Crippen LogP contribution in [0, 0.1) is 6.92 Å². The van der Waals surface area contributed by atoms with E-state index in [1.54, 1.807) is 42.5 Å². The highest BCUT2D eigenvalue weighted by Crippen LogP contribution is 2.29. The summed E-state index contributed by atoms with van der Waals surface area (Å²) < 4.78 is 22.0. The van der Waals surface area contributed by atoms with Gasteiger partial charge in [0.25, 0.3) is 5.91 Å². The zero-order valence-electron chi connectivity index (χ0n) is 21.7. The Morgan fingerprint density at radius 3 is 2.38 bits per heavy atom. The van der Waals surface area contributed by atoms with Crippen LogP contribution in [0.15, 0.2) is 65.8 Å². The van der Waals surface area contributed by atoms with Crippen molar-refractivity contribution in [2.75, 3.05) is 20.3 Å². The fraction of sp³-hybridized carbons (Fsp3) is 0.276. The molecule has 0 radical (unpaired) electrons. The molecule has 0 heterocycles. The predicted molar refractivity (Wildman–Crippen MR) is 142 cm³/mol. The molecular formula is C29H32N2O6. The van der Waals surface area contributed by atoms with E-state index in [0.29, 0.717) is 35.0 Å². The fourth-order valence-electron chi connectivity index (χ4n) is 3.46. The number of benzene rings is 3. The number of aryl methyl sites for hydroxylation is 1. The molecule has 0 aliphatic carbocycles. The summed E-state index contributed by atoms with van der Waals surface area (Å²) in [6.45, 7) is 8.39. The summed E-state index contributed by atoms with van der Waals surface area (Å²) in [6, 6.07) is 17.6. The van der Waals surface area contributed by atoms with Gasteiger partial charge in [-0.15, -0.1) is 0 Å². The standard InChI is InChI=1S/C29H32N2O6/c1-6-35-23-11-9-22(10-12-23)29(33)37-25-14-8-21(16-27(25)34-5)17-30-31-28(32)18-36-26-15-20(4)7-13-24(26)19(2)3/h7-17,19H,6,18H2,1-5H3,(H,31,32)/b30-17-. The number of carbonyl (C=O) groups excluding carboxylic acids is 2. The molecule has 37 heavy (non-hydrogen) atoms. The summed E-state index contributed by atoms with van der Waals surface area (Å²) in [4.78, 5) is 24.7. The van der Waals surface area contributed by atoms with Crippen LogP contribution in [-0.4, -0.2) is 38.4 Å². The van der Waals surface area contributed by atoms with Crippen LogP contribution in [0.25, 0.3) is 0 Å². The number of hydrogen-bond acceptors (Lipinski definition) is 7. The molecule has 3 aromatic rings. The maximum Gasteiger partial charge on any atom is 0.343 e. The van der Waals surface area contributed by atoms with Gasteiger partial charge in [0.2, 0.25) is 0 Å².